The van der Waals surface area contributed by atoms with Crippen LogP contribution in [0.3, 0.4) is 0 Å². The lowest BCUT2D eigenvalue weighted by atomic mass is 10.1. The Morgan fingerprint density at radius 3 is 2.37 bits per heavy atom. The van der Waals surface area contributed by atoms with Gasteiger partial charge in [0.2, 0.25) is 0 Å². The van der Waals surface area contributed by atoms with Crippen LogP contribution in [-0.4, -0.2) is 24.0 Å². The van der Waals surface area contributed by atoms with Gasteiger partial charge < -0.3 is 22.1 Å². The Morgan fingerprint density at radius 1 is 0.900 bits per heavy atom. The Morgan fingerprint density at radius 2 is 1.63 bits per heavy atom. The van der Waals surface area contributed by atoms with Crippen LogP contribution in [0.25, 0.3) is 10.9 Å². The first-order chi connectivity index (χ1) is 14.7. The highest BCUT2D eigenvalue weighted by molar-refractivity contribution is 6.08. The van der Waals surface area contributed by atoms with Gasteiger partial charge in [0.15, 0.2) is 0 Å². The molecule has 1 amide bonds. The molecule has 0 spiro atoms. The van der Waals surface area contributed by atoms with Crippen LogP contribution >= 0.6 is 0 Å². The zero-order chi connectivity index (χ0) is 21.2. The van der Waals surface area contributed by atoms with E-state index >= 15 is 0 Å². The molecule has 0 saturated heterocycles. The number of carbonyl (C=O) groups excluding carboxylic acids is 1. The maximum atomic E-state index is 12.0. The summed E-state index contributed by atoms with van der Waals surface area (Å²) >= 11 is 0. The van der Waals surface area contributed by atoms with Gasteiger partial charge in [-0.15, -0.1) is 0 Å². The van der Waals surface area contributed by atoms with Crippen molar-refractivity contribution in [2.45, 2.75) is 38.5 Å². The van der Waals surface area contributed by atoms with E-state index in [1.807, 2.05) is 48.5 Å². The molecule has 0 unspecified atom stereocenters. The van der Waals surface area contributed by atoms with Crippen LogP contribution < -0.4 is 22.1 Å². The molecular weight excluding hydrogens is 374 g/mol. The molecule has 6 nitrogen and oxygen atoms in total. The van der Waals surface area contributed by atoms with Gasteiger partial charge in [0, 0.05) is 29.5 Å². The molecule has 30 heavy (non-hydrogen) atoms. The standard InChI is InChI=1S/C24H31N5O/c25-14-8-3-1-2-4-9-15-27-19-12-13-22-20(16-19)23(21(17-28-22)24(26)30)29-18-10-6-5-7-11-18/h5-7,10-13,16-17,27H,1-4,8-9,14-15,25H2,(H2,26,30)(H,28,29). The lowest BCUT2D eigenvalue weighted by molar-refractivity contribution is 0.100. The van der Waals surface area contributed by atoms with Gasteiger partial charge in [0.25, 0.3) is 5.91 Å². The number of rotatable bonds is 12. The average Bonchev–Trinajstić information content (AvgIpc) is 2.76. The predicted octanol–water partition coefficient (Wildman–Crippen LogP) is 4.79. The van der Waals surface area contributed by atoms with Gasteiger partial charge in [-0.2, -0.15) is 0 Å². The van der Waals surface area contributed by atoms with Gasteiger partial charge in [-0.3, -0.25) is 9.78 Å². The van der Waals surface area contributed by atoms with Crippen molar-refractivity contribution in [1.29, 1.82) is 0 Å². The molecule has 158 valence electrons. The van der Waals surface area contributed by atoms with E-state index in [4.69, 9.17) is 11.5 Å². The van der Waals surface area contributed by atoms with Gasteiger partial charge in [-0.25, -0.2) is 0 Å². The van der Waals surface area contributed by atoms with Crippen molar-refractivity contribution in [3.8, 4) is 0 Å². The first kappa shape index (κ1) is 21.6. The van der Waals surface area contributed by atoms with Gasteiger partial charge in [-0.1, -0.05) is 43.9 Å². The Bertz CT molecular complexity index is 958. The van der Waals surface area contributed by atoms with E-state index in [1.54, 1.807) is 0 Å². The molecule has 1 heterocycles. The number of para-hydroxylation sites is 1. The number of aromatic nitrogens is 1. The van der Waals surface area contributed by atoms with E-state index < -0.39 is 5.91 Å². The molecule has 0 radical (unpaired) electrons. The third kappa shape index (κ3) is 5.94. The molecule has 3 rings (SSSR count). The second-order valence-electron chi connectivity index (χ2n) is 7.47. The number of hydrogen-bond donors (Lipinski definition) is 4. The zero-order valence-corrected chi connectivity index (χ0v) is 17.4. The summed E-state index contributed by atoms with van der Waals surface area (Å²) in [6, 6.07) is 15.8. The molecule has 2 aromatic carbocycles. The summed E-state index contributed by atoms with van der Waals surface area (Å²) in [6.07, 6.45) is 8.71. The number of fused-ring (bicyclic) bond motifs is 1. The molecular formula is C24H31N5O. The van der Waals surface area contributed by atoms with E-state index in [2.05, 4.69) is 15.6 Å². The number of nitrogens with zero attached hydrogens (tertiary/aromatic N) is 1. The van der Waals surface area contributed by atoms with Crippen LogP contribution in [0.4, 0.5) is 17.1 Å². The van der Waals surface area contributed by atoms with Gasteiger partial charge in [0.05, 0.1) is 16.8 Å². The van der Waals surface area contributed by atoms with Crippen LogP contribution in [0.15, 0.2) is 54.7 Å². The predicted molar refractivity (Wildman–Crippen MR) is 125 cm³/mol. The minimum absolute atomic E-state index is 0.376. The number of nitrogens with two attached hydrogens (primary N) is 2. The number of nitrogens with one attached hydrogen (secondary N) is 2. The molecule has 3 aromatic rings. The lowest BCUT2D eigenvalue weighted by Gasteiger charge is -2.14. The highest BCUT2D eigenvalue weighted by Crippen LogP contribution is 2.31. The molecule has 0 aliphatic heterocycles. The number of carbonyl (C=O) groups is 1. The van der Waals surface area contributed by atoms with Gasteiger partial charge >= 0.3 is 0 Å². The SMILES string of the molecule is NCCCCCCCCNc1ccc2ncc(C(N)=O)c(Nc3ccccc3)c2c1. The van der Waals surface area contributed by atoms with Crippen molar-refractivity contribution in [1.82, 2.24) is 4.98 Å². The molecule has 0 bridgehead atoms. The number of amides is 1. The Hall–Kier alpha value is -3.12. The molecule has 0 fully saturated rings. The molecule has 6 N–H and O–H groups in total. The number of hydrogen-bond acceptors (Lipinski definition) is 5. The number of pyridine rings is 1. The van der Waals surface area contributed by atoms with E-state index in [0.29, 0.717) is 11.3 Å². The third-order valence-corrected chi connectivity index (χ3v) is 5.14. The van der Waals surface area contributed by atoms with Gasteiger partial charge in [-0.05, 0) is 49.7 Å². The second-order valence-corrected chi connectivity index (χ2v) is 7.47. The second kappa shape index (κ2) is 11.2. The summed E-state index contributed by atoms with van der Waals surface area (Å²) in [4.78, 5) is 16.4. The highest BCUT2D eigenvalue weighted by Gasteiger charge is 2.14. The maximum absolute atomic E-state index is 12.0. The van der Waals surface area contributed by atoms with Crippen LogP contribution in [-0.2, 0) is 0 Å². The average molecular weight is 406 g/mol. The topological polar surface area (TPSA) is 106 Å². The lowest BCUT2D eigenvalue weighted by Crippen LogP contribution is -2.14. The zero-order valence-electron chi connectivity index (χ0n) is 17.4. The first-order valence-corrected chi connectivity index (χ1v) is 10.7. The summed E-state index contributed by atoms with van der Waals surface area (Å²) in [7, 11) is 0. The van der Waals surface area contributed by atoms with E-state index in [1.165, 1.54) is 31.9 Å². The Labute approximate surface area is 178 Å². The fourth-order valence-corrected chi connectivity index (χ4v) is 3.50. The third-order valence-electron chi connectivity index (χ3n) is 5.14. The monoisotopic (exact) mass is 405 g/mol. The van der Waals surface area contributed by atoms with Gasteiger partial charge in [0.1, 0.15) is 0 Å². The Balaban J connectivity index is 1.72. The molecule has 0 atom stereocenters. The molecule has 0 aliphatic rings. The summed E-state index contributed by atoms with van der Waals surface area (Å²) in [6.45, 7) is 1.70. The molecule has 0 aliphatic carbocycles. The Kier molecular flexibility index (Phi) is 8.03. The number of benzene rings is 2. The van der Waals surface area contributed by atoms with E-state index in [-0.39, 0.29) is 0 Å². The quantitative estimate of drug-likeness (QED) is 0.324. The largest absolute Gasteiger partial charge is 0.385 e. The summed E-state index contributed by atoms with van der Waals surface area (Å²) in [5.41, 5.74) is 14.9. The minimum Gasteiger partial charge on any atom is -0.385 e. The number of primary amides is 1. The van der Waals surface area contributed by atoms with Crippen molar-refractivity contribution in [3.05, 3.63) is 60.3 Å². The minimum atomic E-state index is -0.504. The number of anilines is 3. The van der Waals surface area contributed by atoms with Crippen LogP contribution in [0.2, 0.25) is 0 Å². The smallest absolute Gasteiger partial charge is 0.252 e. The summed E-state index contributed by atoms with van der Waals surface area (Å²) in [5.74, 6) is -0.504. The van der Waals surface area contributed by atoms with Crippen molar-refractivity contribution >= 4 is 33.9 Å². The normalized spacial score (nSPS) is 10.8. The maximum Gasteiger partial charge on any atom is 0.252 e. The molecule has 0 saturated carbocycles. The fraction of sp³-hybridized carbons (Fsp3) is 0.333. The van der Waals surface area contributed by atoms with E-state index in [9.17, 15) is 4.79 Å². The van der Waals surface area contributed by atoms with Crippen molar-refractivity contribution in [3.63, 3.8) is 0 Å². The fourth-order valence-electron chi connectivity index (χ4n) is 3.50. The van der Waals surface area contributed by atoms with Crippen molar-refractivity contribution < 1.29 is 4.79 Å². The van der Waals surface area contributed by atoms with E-state index in [0.717, 1.165) is 48.2 Å². The van der Waals surface area contributed by atoms with Crippen molar-refractivity contribution in [2.24, 2.45) is 11.5 Å². The summed E-state index contributed by atoms with van der Waals surface area (Å²) < 4.78 is 0. The van der Waals surface area contributed by atoms with Crippen LogP contribution in [0.1, 0.15) is 48.9 Å². The summed E-state index contributed by atoms with van der Waals surface area (Å²) in [5, 5.41) is 7.70. The highest BCUT2D eigenvalue weighted by atomic mass is 16.1. The van der Waals surface area contributed by atoms with Crippen LogP contribution in [0.5, 0.6) is 0 Å². The molecule has 6 heteroatoms. The number of unbranched alkanes of at least 4 members (excludes halogenated alkanes) is 5. The molecule has 1 aromatic heterocycles. The van der Waals surface area contributed by atoms with Crippen LogP contribution in [0, 0.1) is 0 Å². The van der Waals surface area contributed by atoms with Crippen molar-refractivity contribution in [2.75, 3.05) is 23.7 Å². The first-order valence-electron chi connectivity index (χ1n) is 10.7.